The van der Waals surface area contributed by atoms with E-state index < -0.39 is 18.1 Å². The lowest BCUT2D eigenvalue weighted by Gasteiger charge is -2.23. The molecule has 4 heterocycles. The largest absolute Gasteiger partial charge is 0.364 e. The Labute approximate surface area is 248 Å². The number of rotatable bonds is 8. The van der Waals surface area contributed by atoms with Crippen molar-refractivity contribution in [1.29, 1.82) is 0 Å². The molecule has 1 fully saturated rings. The fraction of sp³-hybridized carbons (Fsp3) is 0.214. The predicted molar refractivity (Wildman–Crippen MR) is 157 cm³/mol. The Balaban J connectivity index is 1.21. The summed E-state index contributed by atoms with van der Waals surface area (Å²) in [6.07, 6.45) is 3.61. The minimum absolute atomic E-state index is 0.0381. The van der Waals surface area contributed by atoms with Crippen molar-refractivity contribution in [3.8, 4) is 22.4 Å². The molecule has 2 aromatic carbocycles. The molecule has 6 rings (SSSR count). The Morgan fingerprint density at radius 3 is 2.71 bits per heavy atom. The minimum Gasteiger partial charge on any atom is -0.364 e. The molecule has 0 bridgehead atoms. The highest BCUT2D eigenvalue weighted by atomic mass is 35.5. The number of hydrogen-bond donors (Lipinski definition) is 3. The third kappa shape index (κ3) is 5.43. The van der Waals surface area contributed by atoms with E-state index >= 15 is 0 Å². The maximum absolute atomic E-state index is 14.6. The van der Waals surface area contributed by atoms with Crippen LogP contribution in [-0.4, -0.2) is 72.2 Å². The fourth-order valence-corrected chi connectivity index (χ4v) is 5.75. The molecule has 4 N–H and O–H groups in total. The number of likely N-dealkylation sites (tertiary alicyclic amines) is 1. The van der Waals surface area contributed by atoms with Crippen molar-refractivity contribution in [2.45, 2.75) is 25.2 Å². The maximum Gasteiger partial charge on any atom is 0.269 e. The highest BCUT2D eigenvalue weighted by Gasteiger charge is 2.37. The molecule has 11 nitrogen and oxygen atoms in total. The van der Waals surface area contributed by atoms with Crippen LogP contribution in [0.3, 0.4) is 0 Å². The van der Waals surface area contributed by atoms with Gasteiger partial charge in [-0.3, -0.25) is 24.3 Å². The van der Waals surface area contributed by atoms with Crippen LogP contribution in [-0.2, 0) is 11.3 Å². The molecule has 0 unspecified atom stereocenters. The summed E-state index contributed by atoms with van der Waals surface area (Å²) in [6.45, 7) is 0.693. The van der Waals surface area contributed by atoms with Crippen molar-refractivity contribution in [1.82, 2.24) is 35.1 Å². The van der Waals surface area contributed by atoms with Crippen molar-refractivity contribution >= 4 is 51.6 Å². The molecule has 1 aliphatic heterocycles. The summed E-state index contributed by atoms with van der Waals surface area (Å²) in [5.41, 5.74) is 9.55. The molecule has 1 aliphatic rings. The highest BCUT2D eigenvalue weighted by molar-refractivity contribution is 6.36. The van der Waals surface area contributed by atoms with Crippen LogP contribution < -0.4 is 11.1 Å². The zero-order valence-electron chi connectivity index (χ0n) is 22.0. The molecule has 42 heavy (non-hydrogen) atoms. The van der Waals surface area contributed by atoms with Gasteiger partial charge in [-0.25, -0.2) is 4.39 Å². The summed E-state index contributed by atoms with van der Waals surface area (Å²) in [5, 5.41) is 23.4. The van der Waals surface area contributed by atoms with Crippen LogP contribution in [0.15, 0.2) is 61.1 Å². The van der Waals surface area contributed by atoms with E-state index in [4.69, 9.17) is 28.9 Å². The molecule has 214 valence electrons. The maximum atomic E-state index is 14.6. The molecule has 2 atom stereocenters. The number of H-pyrrole nitrogens is 1. The number of nitrogens with zero attached hydrogens (tertiary/aromatic N) is 6. The Kier molecular flexibility index (Phi) is 7.58. The van der Waals surface area contributed by atoms with Crippen LogP contribution in [0.25, 0.3) is 33.3 Å². The lowest BCUT2D eigenvalue weighted by atomic mass is 10.0. The van der Waals surface area contributed by atoms with Crippen LogP contribution >= 0.6 is 23.2 Å². The van der Waals surface area contributed by atoms with Gasteiger partial charge in [0.2, 0.25) is 5.91 Å². The van der Waals surface area contributed by atoms with Crippen molar-refractivity contribution in [3.63, 3.8) is 0 Å². The molecular weight excluding hydrogens is 584 g/mol. The van der Waals surface area contributed by atoms with Crippen molar-refractivity contribution in [2.75, 3.05) is 18.4 Å². The number of carbonyl (C=O) groups is 2. The lowest BCUT2D eigenvalue weighted by Crippen LogP contribution is -2.41. The second-order valence-electron chi connectivity index (χ2n) is 9.90. The summed E-state index contributed by atoms with van der Waals surface area (Å²) in [6, 6.07) is 11.6. The average Bonchev–Trinajstić information content (AvgIpc) is 3.69. The van der Waals surface area contributed by atoms with Gasteiger partial charge in [0.25, 0.3) is 5.91 Å². The second kappa shape index (κ2) is 11.5. The van der Waals surface area contributed by atoms with Gasteiger partial charge in [0.05, 0.1) is 41.2 Å². The number of benzene rings is 2. The van der Waals surface area contributed by atoms with E-state index in [2.05, 4.69) is 30.8 Å². The fourth-order valence-electron chi connectivity index (χ4n) is 5.25. The van der Waals surface area contributed by atoms with Crippen LogP contribution in [0.1, 0.15) is 16.9 Å². The van der Waals surface area contributed by atoms with E-state index in [1.54, 1.807) is 46.4 Å². The van der Waals surface area contributed by atoms with Crippen molar-refractivity contribution in [3.05, 3.63) is 76.8 Å². The Morgan fingerprint density at radius 1 is 1.10 bits per heavy atom. The second-order valence-corrected chi connectivity index (χ2v) is 10.7. The molecule has 2 amide bonds. The van der Waals surface area contributed by atoms with Crippen LogP contribution in [0, 0.1) is 0 Å². The number of fused-ring (bicyclic) bond motifs is 1. The van der Waals surface area contributed by atoms with Gasteiger partial charge in [-0.2, -0.15) is 20.4 Å². The third-order valence-corrected chi connectivity index (χ3v) is 7.79. The number of alkyl halides is 1. The van der Waals surface area contributed by atoms with Crippen LogP contribution in [0.5, 0.6) is 0 Å². The SMILES string of the molecule is NC(=O)c1nn(CCN2C[C@H](F)C[C@H]2C(=O)Nc2c[nH]nc2-c2ccc(Cl)cc2Cl)c2ccc(-c3ccnnc3)cc12. The van der Waals surface area contributed by atoms with Crippen LogP contribution in [0.4, 0.5) is 10.1 Å². The van der Waals surface area contributed by atoms with E-state index in [1.165, 1.54) is 0 Å². The minimum atomic E-state index is -1.18. The number of aromatic nitrogens is 6. The Morgan fingerprint density at radius 2 is 1.95 bits per heavy atom. The number of anilines is 1. The van der Waals surface area contributed by atoms with E-state index in [1.807, 2.05) is 24.3 Å². The number of primary amides is 1. The Bertz CT molecular complexity index is 1790. The number of nitrogens with one attached hydrogen (secondary N) is 2. The van der Waals surface area contributed by atoms with Crippen molar-refractivity contribution in [2.24, 2.45) is 5.73 Å². The molecule has 1 saturated heterocycles. The third-order valence-electron chi connectivity index (χ3n) is 7.24. The molecule has 0 spiro atoms. The summed E-state index contributed by atoms with van der Waals surface area (Å²) >= 11 is 12.4. The molecule has 14 heteroatoms. The molecule has 0 saturated carbocycles. The van der Waals surface area contributed by atoms with Crippen LogP contribution in [0.2, 0.25) is 10.0 Å². The first-order valence-electron chi connectivity index (χ1n) is 13.0. The van der Waals surface area contributed by atoms with Gasteiger partial charge in [-0.05, 0) is 42.0 Å². The van der Waals surface area contributed by atoms with Gasteiger partial charge >= 0.3 is 0 Å². The first-order chi connectivity index (χ1) is 20.3. The zero-order valence-corrected chi connectivity index (χ0v) is 23.5. The number of amides is 2. The first-order valence-corrected chi connectivity index (χ1v) is 13.8. The number of aromatic amines is 1. The summed E-state index contributed by atoms with van der Waals surface area (Å²) in [4.78, 5) is 27.4. The summed E-state index contributed by atoms with van der Waals surface area (Å²) < 4.78 is 16.3. The van der Waals surface area contributed by atoms with Gasteiger partial charge in [0, 0.05) is 47.2 Å². The molecule has 5 aromatic rings. The summed E-state index contributed by atoms with van der Waals surface area (Å²) in [7, 11) is 0. The standard InChI is InChI=1S/C28H24Cl2FN9O2/c29-17-2-3-19(21(30)10-17)25-22(13-35-37-25)36-28(42)24-11-18(31)14-39(24)7-8-40-23-4-1-15(16-5-6-33-34-12-16)9-20(23)26(38-40)27(32)41/h1-6,9-10,12-13,18,24H,7-8,11,14H2,(H2,32,41)(H,35,37)(H,36,42)/t18-,24+/m1/s1. The smallest absolute Gasteiger partial charge is 0.269 e. The molecule has 0 aliphatic carbocycles. The number of hydrogen-bond acceptors (Lipinski definition) is 7. The highest BCUT2D eigenvalue weighted by Crippen LogP contribution is 2.34. The van der Waals surface area contributed by atoms with Gasteiger partial charge in [0.15, 0.2) is 5.69 Å². The monoisotopic (exact) mass is 607 g/mol. The van der Waals surface area contributed by atoms with E-state index in [0.29, 0.717) is 51.0 Å². The zero-order chi connectivity index (χ0) is 29.4. The van der Waals surface area contributed by atoms with Gasteiger partial charge in [0.1, 0.15) is 11.9 Å². The van der Waals surface area contributed by atoms with Gasteiger partial charge in [-0.1, -0.05) is 29.3 Å². The van der Waals surface area contributed by atoms with Gasteiger partial charge < -0.3 is 11.1 Å². The number of halogens is 3. The number of nitrogens with two attached hydrogens (primary N) is 1. The van der Waals surface area contributed by atoms with E-state index in [-0.39, 0.29) is 24.6 Å². The molecule has 3 aromatic heterocycles. The van der Waals surface area contributed by atoms with Gasteiger partial charge in [-0.15, -0.1) is 0 Å². The molecule has 0 radical (unpaired) electrons. The van der Waals surface area contributed by atoms with Crippen molar-refractivity contribution < 1.29 is 14.0 Å². The summed E-state index contributed by atoms with van der Waals surface area (Å²) in [5.74, 6) is -1.04. The Hall–Kier alpha value is -4.39. The first kappa shape index (κ1) is 27.8. The number of carbonyl (C=O) groups excluding carboxylic acids is 2. The van der Waals surface area contributed by atoms with E-state index in [9.17, 15) is 14.0 Å². The lowest BCUT2D eigenvalue weighted by molar-refractivity contribution is -0.120. The topological polar surface area (TPSA) is 148 Å². The normalized spacial score (nSPS) is 17.1. The van der Waals surface area contributed by atoms with E-state index in [0.717, 1.165) is 11.1 Å². The quantitative estimate of drug-likeness (QED) is 0.237. The predicted octanol–water partition coefficient (Wildman–Crippen LogP) is 4.34. The molecular formula is C28H24Cl2FN9O2. The average molecular weight is 608 g/mol.